The highest BCUT2D eigenvalue weighted by Gasteiger charge is 2.22. The zero-order valence-corrected chi connectivity index (χ0v) is 19.6. The molecule has 30 heavy (non-hydrogen) atoms. The number of anilines is 1. The number of halogens is 1. The highest BCUT2D eigenvalue weighted by atomic mass is 35.5. The third kappa shape index (κ3) is 5.02. The zero-order chi connectivity index (χ0) is 20.4. The SMILES string of the molecule is Cc1ccc2nc(N(CCCN(C)C)C(=O)c3ccc4c(c3)CCCC4)sc2c1.Cl. The Hall–Kier alpha value is -1.95. The van der Waals surface area contributed by atoms with Crippen LogP contribution in [0, 0.1) is 6.92 Å². The van der Waals surface area contributed by atoms with Gasteiger partial charge >= 0.3 is 0 Å². The summed E-state index contributed by atoms with van der Waals surface area (Å²) in [6.07, 6.45) is 5.60. The lowest BCUT2D eigenvalue weighted by Gasteiger charge is -2.22. The fourth-order valence-electron chi connectivity index (χ4n) is 3.99. The van der Waals surface area contributed by atoms with E-state index in [2.05, 4.69) is 50.2 Å². The number of hydrogen-bond acceptors (Lipinski definition) is 4. The van der Waals surface area contributed by atoms with Crippen molar-refractivity contribution in [1.82, 2.24) is 9.88 Å². The number of hydrogen-bond donors (Lipinski definition) is 0. The van der Waals surface area contributed by atoms with Gasteiger partial charge in [0, 0.05) is 12.1 Å². The molecule has 1 aromatic heterocycles. The Morgan fingerprint density at radius 1 is 1.03 bits per heavy atom. The van der Waals surface area contributed by atoms with Crippen LogP contribution in [-0.4, -0.2) is 43.0 Å². The van der Waals surface area contributed by atoms with Crippen LogP contribution in [0.1, 0.15) is 46.3 Å². The maximum absolute atomic E-state index is 13.5. The molecule has 0 saturated heterocycles. The van der Waals surface area contributed by atoms with Crippen molar-refractivity contribution < 1.29 is 4.79 Å². The van der Waals surface area contributed by atoms with Crippen molar-refractivity contribution in [2.75, 3.05) is 32.1 Å². The van der Waals surface area contributed by atoms with Crippen molar-refractivity contribution in [1.29, 1.82) is 0 Å². The lowest BCUT2D eigenvalue weighted by Crippen LogP contribution is -2.33. The van der Waals surface area contributed by atoms with Gasteiger partial charge in [0.1, 0.15) is 0 Å². The van der Waals surface area contributed by atoms with Gasteiger partial charge in [-0.1, -0.05) is 23.5 Å². The van der Waals surface area contributed by atoms with E-state index in [1.165, 1.54) is 29.5 Å². The van der Waals surface area contributed by atoms with E-state index in [9.17, 15) is 4.79 Å². The maximum Gasteiger partial charge on any atom is 0.260 e. The van der Waals surface area contributed by atoms with Gasteiger partial charge in [-0.15, -0.1) is 12.4 Å². The predicted molar refractivity (Wildman–Crippen MR) is 130 cm³/mol. The molecule has 6 heteroatoms. The van der Waals surface area contributed by atoms with Gasteiger partial charge in [0.25, 0.3) is 5.91 Å². The summed E-state index contributed by atoms with van der Waals surface area (Å²) in [5, 5.41) is 0.798. The van der Waals surface area contributed by atoms with Gasteiger partial charge < -0.3 is 4.90 Å². The Morgan fingerprint density at radius 3 is 2.57 bits per heavy atom. The molecule has 0 N–H and O–H groups in total. The summed E-state index contributed by atoms with van der Waals surface area (Å²) in [5.74, 6) is 0.0629. The van der Waals surface area contributed by atoms with Gasteiger partial charge in [0.15, 0.2) is 5.13 Å². The molecule has 1 amide bonds. The maximum atomic E-state index is 13.5. The molecule has 0 atom stereocenters. The summed E-state index contributed by atoms with van der Waals surface area (Å²) in [6.45, 7) is 3.71. The van der Waals surface area contributed by atoms with Crippen LogP contribution in [0.4, 0.5) is 5.13 Å². The largest absolute Gasteiger partial charge is 0.309 e. The monoisotopic (exact) mass is 443 g/mol. The van der Waals surface area contributed by atoms with Crippen molar-refractivity contribution in [3.63, 3.8) is 0 Å². The van der Waals surface area contributed by atoms with Gasteiger partial charge in [0.05, 0.1) is 10.2 Å². The summed E-state index contributed by atoms with van der Waals surface area (Å²) in [6, 6.07) is 12.6. The third-order valence-corrected chi connectivity index (χ3v) is 6.63. The topological polar surface area (TPSA) is 36.4 Å². The van der Waals surface area contributed by atoms with Crippen LogP contribution in [0.15, 0.2) is 36.4 Å². The van der Waals surface area contributed by atoms with Crippen LogP contribution < -0.4 is 4.90 Å². The molecule has 2 aromatic carbocycles. The number of benzene rings is 2. The Labute approximate surface area is 189 Å². The molecular weight excluding hydrogens is 414 g/mol. The lowest BCUT2D eigenvalue weighted by atomic mass is 9.90. The predicted octanol–water partition coefficient (Wildman–Crippen LogP) is 5.50. The number of amides is 1. The Bertz CT molecular complexity index is 1030. The summed E-state index contributed by atoms with van der Waals surface area (Å²) >= 11 is 1.61. The Kier molecular flexibility index (Phi) is 7.50. The minimum Gasteiger partial charge on any atom is -0.309 e. The number of aryl methyl sites for hydroxylation is 3. The van der Waals surface area contributed by atoms with Gasteiger partial charge in [-0.25, -0.2) is 4.98 Å². The van der Waals surface area contributed by atoms with Crippen LogP contribution in [0.3, 0.4) is 0 Å². The molecule has 160 valence electrons. The molecule has 3 aromatic rings. The van der Waals surface area contributed by atoms with Crippen LogP contribution in [0.2, 0.25) is 0 Å². The first-order chi connectivity index (χ1) is 14.0. The molecular formula is C24H30ClN3OS. The molecule has 0 unspecified atom stereocenters. The summed E-state index contributed by atoms with van der Waals surface area (Å²) in [4.78, 5) is 22.4. The van der Waals surface area contributed by atoms with E-state index >= 15 is 0 Å². The van der Waals surface area contributed by atoms with Gasteiger partial charge in [-0.2, -0.15) is 0 Å². The summed E-state index contributed by atoms with van der Waals surface area (Å²) in [7, 11) is 4.13. The number of fused-ring (bicyclic) bond motifs is 2. The molecule has 0 spiro atoms. The van der Waals surface area contributed by atoms with Crippen LogP contribution in [0.25, 0.3) is 10.2 Å². The highest BCUT2D eigenvalue weighted by molar-refractivity contribution is 7.22. The molecule has 0 bridgehead atoms. The number of carbonyl (C=O) groups is 1. The standard InChI is InChI=1S/C24H29N3OS.ClH/c1-17-9-12-21-22(15-17)29-24(25-21)27(14-6-13-26(2)3)23(28)20-11-10-18-7-4-5-8-19(18)16-20;/h9-12,15-16H,4-8,13-14H2,1-3H3;1H. The van der Waals surface area contributed by atoms with Gasteiger partial charge in [-0.05, 0) is 101 Å². The first-order valence-corrected chi connectivity index (χ1v) is 11.3. The smallest absolute Gasteiger partial charge is 0.260 e. The fourth-order valence-corrected chi connectivity index (χ4v) is 5.07. The normalized spacial score (nSPS) is 13.2. The second-order valence-corrected chi connectivity index (χ2v) is 9.28. The average Bonchev–Trinajstić information content (AvgIpc) is 3.13. The molecule has 4 nitrogen and oxygen atoms in total. The minimum atomic E-state index is 0. The lowest BCUT2D eigenvalue weighted by molar-refractivity contribution is 0.0986. The van der Waals surface area contributed by atoms with Crippen LogP contribution in [0.5, 0.6) is 0 Å². The highest BCUT2D eigenvalue weighted by Crippen LogP contribution is 2.31. The molecule has 0 radical (unpaired) electrons. The van der Waals surface area contributed by atoms with Crippen LogP contribution >= 0.6 is 23.7 Å². The van der Waals surface area contributed by atoms with E-state index in [0.29, 0.717) is 6.54 Å². The minimum absolute atomic E-state index is 0. The van der Waals surface area contributed by atoms with Crippen molar-refractivity contribution >= 4 is 45.0 Å². The number of rotatable bonds is 6. The second kappa shape index (κ2) is 9.90. The molecule has 4 rings (SSSR count). The fraction of sp³-hybridized carbons (Fsp3) is 0.417. The van der Waals surface area contributed by atoms with Crippen molar-refractivity contribution in [3.05, 3.63) is 58.7 Å². The number of aromatic nitrogens is 1. The third-order valence-electron chi connectivity index (χ3n) is 5.59. The Morgan fingerprint density at radius 2 is 1.80 bits per heavy atom. The van der Waals surface area contributed by atoms with E-state index in [0.717, 1.165) is 46.7 Å². The summed E-state index contributed by atoms with van der Waals surface area (Å²) < 4.78 is 1.14. The van der Waals surface area contributed by atoms with E-state index in [1.807, 2.05) is 17.0 Å². The van der Waals surface area contributed by atoms with E-state index in [4.69, 9.17) is 4.98 Å². The van der Waals surface area contributed by atoms with Crippen molar-refractivity contribution in [2.45, 2.75) is 39.0 Å². The van der Waals surface area contributed by atoms with Gasteiger partial charge in [0.2, 0.25) is 0 Å². The first kappa shape index (κ1) is 22.7. The van der Waals surface area contributed by atoms with Gasteiger partial charge in [-0.3, -0.25) is 9.69 Å². The quantitative estimate of drug-likeness (QED) is 0.504. The summed E-state index contributed by atoms with van der Waals surface area (Å²) in [5.41, 5.74) is 5.71. The van der Waals surface area contributed by atoms with Crippen molar-refractivity contribution in [3.8, 4) is 0 Å². The molecule has 0 saturated carbocycles. The molecule has 0 fully saturated rings. The molecule has 1 aliphatic rings. The van der Waals surface area contributed by atoms with Crippen LogP contribution in [-0.2, 0) is 12.8 Å². The number of carbonyl (C=O) groups excluding carboxylic acids is 1. The second-order valence-electron chi connectivity index (χ2n) is 8.27. The molecule has 1 heterocycles. The zero-order valence-electron chi connectivity index (χ0n) is 18.0. The van der Waals surface area contributed by atoms with E-state index < -0.39 is 0 Å². The van der Waals surface area contributed by atoms with Crippen molar-refractivity contribution in [2.24, 2.45) is 0 Å². The number of thiazole rings is 1. The average molecular weight is 444 g/mol. The van der Waals surface area contributed by atoms with E-state index in [-0.39, 0.29) is 18.3 Å². The number of nitrogens with zero attached hydrogens (tertiary/aromatic N) is 3. The Balaban J connectivity index is 0.00000256. The van der Waals surface area contributed by atoms with E-state index in [1.54, 1.807) is 11.3 Å². The molecule has 1 aliphatic carbocycles. The molecule has 0 aliphatic heterocycles. The first-order valence-electron chi connectivity index (χ1n) is 10.5.